The number of benzene rings is 1. The number of fused-ring (bicyclic) bond motifs is 1. The summed E-state index contributed by atoms with van der Waals surface area (Å²) in [6, 6.07) is 3.30. The lowest BCUT2D eigenvalue weighted by molar-refractivity contribution is -0.116. The van der Waals surface area contributed by atoms with Crippen LogP contribution < -0.4 is 16.7 Å². The fourth-order valence-corrected chi connectivity index (χ4v) is 2.18. The molecule has 0 aliphatic heterocycles. The maximum absolute atomic E-state index is 11.8. The van der Waals surface area contributed by atoms with Gasteiger partial charge in [-0.2, -0.15) is 0 Å². The Hall–Kier alpha value is -1.60. The van der Waals surface area contributed by atoms with Crippen molar-refractivity contribution in [3.05, 3.63) is 27.1 Å². The molecule has 6 nitrogen and oxygen atoms in total. The number of nitrogens with one attached hydrogen (secondary N) is 3. The van der Waals surface area contributed by atoms with Crippen molar-refractivity contribution in [3.63, 3.8) is 0 Å². The van der Waals surface area contributed by atoms with Crippen molar-refractivity contribution in [2.45, 2.75) is 25.8 Å². The molecule has 1 aromatic carbocycles. The number of halogens is 1. The van der Waals surface area contributed by atoms with Crippen LogP contribution in [0.25, 0.3) is 11.0 Å². The highest BCUT2D eigenvalue weighted by molar-refractivity contribution is 9.10. The van der Waals surface area contributed by atoms with Gasteiger partial charge in [-0.3, -0.25) is 4.79 Å². The van der Waals surface area contributed by atoms with E-state index in [1.807, 2.05) is 6.92 Å². The summed E-state index contributed by atoms with van der Waals surface area (Å²) in [5, 5.41) is 2.78. The first-order valence-electron chi connectivity index (χ1n) is 5.96. The number of rotatable bonds is 4. The van der Waals surface area contributed by atoms with Crippen molar-refractivity contribution in [1.82, 2.24) is 9.97 Å². The van der Waals surface area contributed by atoms with E-state index in [1.165, 1.54) is 0 Å². The molecular weight excluding hydrogens is 312 g/mol. The van der Waals surface area contributed by atoms with Crippen LogP contribution in [0.15, 0.2) is 21.4 Å². The number of amides is 1. The van der Waals surface area contributed by atoms with Crippen LogP contribution in [-0.2, 0) is 4.79 Å². The molecule has 0 radical (unpaired) electrons. The minimum Gasteiger partial charge on any atom is -0.327 e. The van der Waals surface area contributed by atoms with Gasteiger partial charge in [0.05, 0.1) is 16.7 Å². The maximum atomic E-state index is 11.8. The SMILES string of the molecule is CCC(N)CC(=O)Nc1cc2[nH]c(=O)[nH]c2cc1Br. The predicted octanol–water partition coefficient (Wildman–Crippen LogP) is 1.68. The molecule has 0 saturated carbocycles. The van der Waals surface area contributed by atoms with Gasteiger partial charge in [-0.15, -0.1) is 0 Å². The Morgan fingerprint density at radius 3 is 2.68 bits per heavy atom. The van der Waals surface area contributed by atoms with E-state index >= 15 is 0 Å². The molecule has 7 heteroatoms. The zero-order valence-corrected chi connectivity index (χ0v) is 12.0. The van der Waals surface area contributed by atoms with Gasteiger partial charge in [0.1, 0.15) is 0 Å². The van der Waals surface area contributed by atoms with Gasteiger partial charge >= 0.3 is 5.69 Å². The van der Waals surface area contributed by atoms with Crippen LogP contribution in [0.5, 0.6) is 0 Å². The summed E-state index contributed by atoms with van der Waals surface area (Å²) < 4.78 is 0.702. The molecule has 0 spiro atoms. The first kappa shape index (κ1) is 13.8. The second-order valence-electron chi connectivity index (χ2n) is 4.38. The number of anilines is 1. The van der Waals surface area contributed by atoms with Gasteiger partial charge in [0.25, 0.3) is 0 Å². The lowest BCUT2D eigenvalue weighted by atomic mass is 10.1. The van der Waals surface area contributed by atoms with E-state index in [4.69, 9.17) is 5.73 Å². The van der Waals surface area contributed by atoms with Crippen molar-refractivity contribution in [2.75, 3.05) is 5.32 Å². The van der Waals surface area contributed by atoms with Crippen LogP contribution in [0.3, 0.4) is 0 Å². The lowest BCUT2D eigenvalue weighted by Crippen LogP contribution is -2.26. The average molecular weight is 327 g/mol. The molecule has 2 aromatic rings. The predicted molar refractivity (Wildman–Crippen MR) is 78.1 cm³/mol. The fourth-order valence-electron chi connectivity index (χ4n) is 1.74. The largest absolute Gasteiger partial charge is 0.327 e. The van der Waals surface area contributed by atoms with Crippen LogP contribution in [-0.4, -0.2) is 21.9 Å². The number of carbonyl (C=O) groups is 1. The van der Waals surface area contributed by atoms with Crippen LogP contribution in [0, 0.1) is 0 Å². The Morgan fingerprint density at radius 1 is 1.42 bits per heavy atom. The Labute approximate surface area is 117 Å². The third-order valence-electron chi connectivity index (χ3n) is 2.85. The minimum atomic E-state index is -0.279. The molecule has 1 amide bonds. The zero-order chi connectivity index (χ0) is 14.0. The summed E-state index contributed by atoms with van der Waals surface area (Å²) in [5.41, 5.74) is 7.39. The summed E-state index contributed by atoms with van der Waals surface area (Å²) in [4.78, 5) is 28.3. The molecule has 0 aliphatic rings. The Morgan fingerprint density at radius 2 is 2.05 bits per heavy atom. The number of aromatic nitrogens is 2. The number of imidazole rings is 1. The van der Waals surface area contributed by atoms with Gasteiger partial charge in [-0.05, 0) is 34.5 Å². The Bertz CT molecular complexity index is 661. The monoisotopic (exact) mass is 326 g/mol. The smallest absolute Gasteiger partial charge is 0.323 e. The van der Waals surface area contributed by atoms with Crippen molar-refractivity contribution >= 4 is 38.6 Å². The normalized spacial score (nSPS) is 12.6. The number of carbonyl (C=O) groups excluding carboxylic acids is 1. The summed E-state index contributed by atoms with van der Waals surface area (Å²) in [7, 11) is 0. The van der Waals surface area contributed by atoms with Crippen molar-refractivity contribution in [1.29, 1.82) is 0 Å². The van der Waals surface area contributed by atoms with Crippen molar-refractivity contribution < 1.29 is 4.79 Å². The molecule has 102 valence electrons. The van der Waals surface area contributed by atoms with Gasteiger partial charge in [0, 0.05) is 16.9 Å². The molecule has 1 aromatic heterocycles. The lowest BCUT2D eigenvalue weighted by Gasteiger charge is -2.10. The van der Waals surface area contributed by atoms with E-state index in [2.05, 4.69) is 31.2 Å². The van der Waals surface area contributed by atoms with Gasteiger partial charge in [-0.25, -0.2) is 4.79 Å². The number of hydrogen-bond acceptors (Lipinski definition) is 3. The maximum Gasteiger partial charge on any atom is 0.323 e. The van der Waals surface area contributed by atoms with Gasteiger partial charge in [0.15, 0.2) is 0 Å². The topological polar surface area (TPSA) is 104 Å². The third kappa shape index (κ3) is 3.24. The van der Waals surface area contributed by atoms with E-state index in [1.54, 1.807) is 12.1 Å². The summed E-state index contributed by atoms with van der Waals surface area (Å²) in [6.45, 7) is 1.93. The van der Waals surface area contributed by atoms with Crippen LogP contribution in [0.4, 0.5) is 5.69 Å². The first-order chi connectivity index (χ1) is 8.99. The first-order valence-corrected chi connectivity index (χ1v) is 6.76. The molecule has 1 atom stereocenters. The minimum absolute atomic E-state index is 0.144. The van der Waals surface area contributed by atoms with Gasteiger partial charge in [-0.1, -0.05) is 6.92 Å². The third-order valence-corrected chi connectivity index (χ3v) is 3.51. The summed E-state index contributed by atoms with van der Waals surface area (Å²) >= 11 is 3.36. The summed E-state index contributed by atoms with van der Waals surface area (Å²) in [5.74, 6) is -0.146. The highest BCUT2D eigenvalue weighted by Crippen LogP contribution is 2.26. The second kappa shape index (κ2) is 5.58. The molecular formula is C12H15BrN4O2. The number of hydrogen-bond donors (Lipinski definition) is 4. The molecule has 2 rings (SSSR count). The van der Waals surface area contributed by atoms with Crippen LogP contribution >= 0.6 is 15.9 Å². The summed E-state index contributed by atoms with van der Waals surface area (Å²) in [6.07, 6.45) is 1.02. The zero-order valence-electron chi connectivity index (χ0n) is 10.4. The van der Waals surface area contributed by atoms with E-state index < -0.39 is 0 Å². The standard InChI is InChI=1S/C12H15BrN4O2/c1-2-6(14)3-11(18)15-8-5-10-9(4-7(8)13)16-12(19)17-10/h4-6H,2-3,14H2,1H3,(H,15,18)(H2,16,17,19). The molecule has 0 aliphatic carbocycles. The fraction of sp³-hybridized carbons (Fsp3) is 0.333. The second-order valence-corrected chi connectivity index (χ2v) is 5.23. The van der Waals surface area contributed by atoms with Crippen molar-refractivity contribution in [2.24, 2.45) is 5.73 Å². The number of aromatic amines is 2. The molecule has 5 N–H and O–H groups in total. The Balaban J connectivity index is 2.22. The van der Waals surface area contributed by atoms with Gasteiger partial charge < -0.3 is 21.0 Å². The van der Waals surface area contributed by atoms with Crippen molar-refractivity contribution in [3.8, 4) is 0 Å². The molecule has 19 heavy (non-hydrogen) atoms. The molecule has 0 bridgehead atoms. The Kier molecular flexibility index (Phi) is 4.06. The van der Waals surface area contributed by atoms with Crippen LogP contribution in [0.1, 0.15) is 19.8 Å². The van der Waals surface area contributed by atoms with E-state index in [0.717, 1.165) is 6.42 Å². The number of nitrogens with two attached hydrogens (primary N) is 1. The van der Waals surface area contributed by atoms with E-state index in [9.17, 15) is 9.59 Å². The highest BCUT2D eigenvalue weighted by Gasteiger charge is 2.11. The molecule has 0 saturated heterocycles. The van der Waals surface area contributed by atoms with E-state index in [-0.39, 0.29) is 24.1 Å². The van der Waals surface area contributed by atoms with Crippen LogP contribution in [0.2, 0.25) is 0 Å². The molecule has 0 fully saturated rings. The van der Waals surface area contributed by atoms with Gasteiger partial charge in [0.2, 0.25) is 5.91 Å². The quantitative estimate of drug-likeness (QED) is 0.687. The number of H-pyrrole nitrogens is 2. The average Bonchev–Trinajstić information content (AvgIpc) is 2.68. The highest BCUT2D eigenvalue weighted by atomic mass is 79.9. The van der Waals surface area contributed by atoms with E-state index in [0.29, 0.717) is 21.2 Å². The molecule has 1 unspecified atom stereocenters. The molecule has 1 heterocycles.